The summed E-state index contributed by atoms with van der Waals surface area (Å²) in [6, 6.07) is 8.65. The van der Waals surface area contributed by atoms with Gasteiger partial charge < -0.3 is 9.84 Å². The summed E-state index contributed by atoms with van der Waals surface area (Å²) in [4.78, 5) is 22.7. The molecule has 0 heterocycles. The number of carboxylic acids is 1. The van der Waals surface area contributed by atoms with Crippen LogP contribution in [0.5, 0.6) is 0 Å². The number of hydrogen-bond donors (Lipinski definition) is 1. The zero-order chi connectivity index (χ0) is 15.1. The number of benzene rings is 1. The van der Waals surface area contributed by atoms with Gasteiger partial charge in [0, 0.05) is 0 Å². The molecule has 5 heteroatoms. The zero-order valence-electron chi connectivity index (χ0n) is 11.3. The van der Waals surface area contributed by atoms with Crippen LogP contribution in [0.1, 0.15) is 31.4 Å². The topological polar surface area (TPSA) is 87.4 Å². The minimum absolute atomic E-state index is 0.0921. The molecule has 104 valence electrons. The van der Waals surface area contributed by atoms with Gasteiger partial charge in [0.2, 0.25) is 0 Å². The van der Waals surface area contributed by atoms with Crippen molar-refractivity contribution in [1.29, 1.82) is 5.26 Å². The molecule has 0 aromatic heterocycles. The Balaban J connectivity index is 3.28. The third-order valence-corrected chi connectivity index (χ3v) is 2.73. The number of rotatable bonds is 5. The van der Waals surface area contributed by atoms with Crippen LogP contribution in [-0.4, -0.2) is 23.7 Å². The summed E-state index contributed by atoms with van der Waals surface area (Å²) in [6.07, 6.45) is -0.415. The molecule has 0 amide bonds. The fourth-order valence-corrected chi connectivity index (χ4v) is 1.72. The Kier molecular flexibility index (Phi) is 5.48. The zero-order valence-corrected chi connectivity index (χ0v) is 11.3. The molecule has 0 fully saturated rings. The highest BCUT2D eigenvalue weighted by atomic mass is 16.5. The summed E-state index contributed by atoms with van der Waals surface area (Å²) in [7, 11) is 0. The van der Waals surface area contributed by atoms with E-state index < -0.39 is 18.4 Å². The van der Waals surface area contributed by atoms with E-state index in [4.69, 9.17) is 15.1 Å². The van der Waals surface area contributed by atoms with E-state index in [0.717, 1.165) is 0 Å². The Labute approximate surface area is 117 Å². The first-order valence-corrected chi connectivity index (χ1v) is 6.08. The number of carbonyl (C=O) groups excluding carboxylic acids is 1. The predicted octanol–water partition coefficient (Wildman–Crippen LogP) is 2.37. The van der Waals surface area contributed by atoms with Crippen LogP contribution >= 0.6 is 0 Å². The largest absolute Gasteiger partial charge is 0.481 e. The van der Waals surface area contributed by atoms with Crippen molar-refractivity contribution in [2.75, 3.05) is 6.61 Å². The van der Waals surface area contributed by atoms with E-state index in [2.05, 4.69) is 0 Å². The van der Waals surface area contributed by atoms with Crippen LogP contribution in [-0.2, 0) is 14.3 Å². The van der Waals surface area contributed by atoms with Crippen LogP contribution in [0.25, 0.3) is 5.57 Å². The van der Waals surface area contributed by atoms with Gasteiger partial charge in [-0.25, -0.2) is 4.79 Å². The highest BCUT2D eigenvalue weighted by Gasteiger charge is 2.18. The molecule has 0 aliphatic heterocycles. The number of aliphatic carboxylic acids is 1. The quantitative estimate of drug-likeness (QED) is 0.657. The van der Waals surface area contributed by atoms with E-state index in [1.165, 1.54) is 0 Å². The summed E-state index contributed by atoms with van der Waals surface area (Å²) < 4.78 is 4.88. The molecular weight excluding hydrogens is 258 g/mol. The van der Waals surface area contributed by atoms with Gasteiger partial charge in [-0.3, -0.25) is 4.79 Å². The van der Waals surface area contributed by atoms with E-state index in [9.17, 15) is 9.59 Å². The molecule has 0 aliphatic carbocycles. The maximum Gasteiger partial charge on any atom is 0.334 e. The van der Waals surface area contributed by atoms with Crippen molar-refractivity contribution < 1.29 is 19.4 Å². The Bertz CT molecular complexity index is 596. The lowest BCUT2D eigenvalue weighted by Crippen LogP contribution is -2.13. The third-order valence-electron chi connectivity index (χ3n) is 2.73. The summed E-state index contributed by atoms with van der Waals surface area (Å²) in [5.74, 6) is -1.75. The first kappa shape index (κ1) is 15.4. The maximum absolute atomic E-state index is 11.8. The number of esters is 1. The maximum atomic E-state index is 11.8. The first-order valence-electron chi connectivity index (χ1n) is 6.08. The third kappa shape index (κ3) is 3.95. The van der Waals surface area contributed by atoms with Gasteiger partial charge in [0.1, 0.15) is 0 Å². The number of ether oxygens (including phenoxy) is 1. The molecule has 0 spiro atoms. The van der Waals surface area contributed by atoms with E-state index in [1.54, 1.807) is 38.1 Å². The average molecular weight is 273 g/mol. The second-order valence-electron chi connectivity index (χ2n) is 4.09. The lowest BCUT2D eigenvalue weighted by atomic mass is 9.98. The highest BCUT2D eigenvalue weighted by molar-refractivity contribution is 6.01. The molecule has 0 atom stereocenters. The van der Waals surface area contributed by atoms with E-state index >= 15 is 0 Å². The Morgan fingerprint density at radius 2 is 2.10 bits per heavy atom. The lowest BCUT2D eigenvalue weighted by Gasteiger charge is -2.10. The van der Waals surface area contributed by atoms with Crippen molar-refractivity contribution in [2.24, 2.45) is 0 Å². The first-order chi connectivity index (χ1) is 9.49. The Morgan fingerprint density at radius 3 is 2.65 bits per heavy atom. The minimum Gasteiger partial charge on any atom is -0.481 e. The number of carbonyl (C=O) groups is 2. The van der Waals surface area contributed by atoms with Crippen molar-refractivity contribution in [3.63, 3.8) is 0 Å². The standard InChI is InChI=1S/C15H15NO4/c1-3-20-15(19)13(8-14(17)18)10(2)12-6-4-5-11(7-12)9-16/h4-7H,3,8H2,1-2H3,(H,17,18)/b13-10+. The van der Waals surface area contributed by atoms with Crippen LogP contribution < -0.4 is 0 Å². The molecule has 0 aliphatic rings. The number of carboxylic acid groups (broad SMARTS) is 1. The molecule has 5 nitrogen and oxygen atoms in total. The van der Waals surface area contributed by atoms with Gasteiger partial charge in [-0.05, 0) is 37.1 Å². The number of allylic oxidation sites excluding steroid dienone is 1. The van der Waals surface area contributed by atoms with Crippen molar-refractivity contribution in [3.05, 3.63) is 41.0 Å². The van der Waals surface area contributed by atoms with Gasteiger partial charge in [0.25, 0.3) is 0 Å². The summed E-state index contributed by atoms with van der Waals surface area (Å²) in [5, 5.41) is 17.8. The van der Waals surface area contributed by atoms with Gasteiger partial charge in [-0.2, -0.15) is 5.26 Å². The molecule has 20 heavy (non-hydrogen) atoms. The number of nitriles is 1. The van der Waals surface area contributed by atoms with Gasteiger partial charge in [0.15, 0.2) is 0 Å². The normalized spacial score (nSPS) is 11.2. The lowest BCUT2D eigenvalue weighted by molar-refractivity contribution is -0.142. The van der Waals surface area contributed by atoms with Crippen LogP contribution in [0.3, 0.4) is 0 Å². The van der Waals surface area contributed by atoms with Crippen molar-refractivity contribution in [2.45, 2.75) is 20.3 Å². The SMILES string of the molecule is CCOC(=O)/C(CC(=O)O)=C(\C)c1cccc(C#N)c1. The minimum atomic E-state index is -1.11. The van der Waals surface area contributed by atoms with Crippen molar-refractivity contribution in [1.82, 2.24) is 0 Å². The van der Waals surface area contributed by atoms with Gasteiger partial charge in [-0.1, -0.05) is 12.1 Å². The molecule has 0 saturated carbocycles. The average Bonchev–Trinajstić information content (AvgIpc) is 2.44. The fourth-order valence-electron chi connectivity index (χ4n) is 1.72. The van der Waals surface area contributed by atoms with Crippen LogP contribution in [0, 0.1) is 11.3 Å². The second-order valence-corrected chi connectivity index (χ2v) is 4.09. The van der Waals surface area contributed by atoms with Crippen LogP contribution in [0.15, 0.2) is 29.8 Å². The van der Waals surface area contributed by atoms with E-state index in [-0.39, 0.29) is 12.2 Å². The molecule has 0 radical (unpaired) electrons. The van der Waals surface area contributed by atoms with E-state index in [1.807, 2.05) is 6.07 Å². The van der Waals surface area contributed by atoms with Crippen molar-refractivity contribution >= 4 is 17.5 Å². The number of nitrogens with zero attached hydrogens (tertiary/aromatic N) is 1. The predicted molar refractivity (Wildman–Crippen MR) is 72.6 cm³/mol. The molecule has 1 rings (SSSR count). The van der Waals surface area contributed by atoms with Crippen LogP contribution in [0.4, 0.5) is 0 Å². The Hall–Kier alpha value is -2.61. The molecule has 0 unspecified atom stereocenters. The molecule has 1 N–H and O–H groups in total. The molecule has 0 saturated heterocycles. The molecular formula is C15H15NO4. The summed E-state index contributed by atoms with van der Waals surface area (Å²) >= 11 is 0. The smallest absolute Gasteiger partial charge is 0.334 e. The highest BCUT2D eigenvalue weighted by Crippen LogP contribution is 2.22. The van der Waals surface area contributed by atoms with Gasteiger partial charge in [0.05, 0.1) is 30.2 Å². The van der Waals surface area contributed by atoms with Gasteiger partial charge in [-0.15, -0.1) is 0 Å². The second kappa shape index (κ2) is 7.10. The molecule has 1 aromatic rings. The van der Waals surface area contributed by atoms with E-state index in [0.29, 0.717) is 16.7 Å². The monoisotopic (exact) mass is 273 g/mol. The van der Waals surface area contributed by atoms with Crippen molar-refractivity contribution in [3.8, 4) is 6.07 Å². The molecule has 1 aromatic carbocycles. The van der Waals surface area contributed by atoms with Gasteiger partial charge >= 0.3 is 11.9 Å². The summed E-state index contributed by atoms with van der Waals surface area (Å²) in [6.45, 7) is 3.47. The molecule has 0 bridgehead atoms. The number of hydrogen-bond acceptors (Lipinski definition) is 4. The fraction of sp³-hybridized carbons (Fsp3) is 0.267. The van der Waals surface area contributed by atoms with Crippen LogP contribution in [0.2, 0.25) is 0 Å². The summed E-state index contributed by atoms with van der Waals surface area (Å²) in [5.41, 5.74) is 1.67. The Morgan fingerprint density at radius 1 is 1.40 bits per heavy atom.